The fraction of sp³-hybridized carbons (Fsp3) is 0.310. The Morgan fingerprint density at radius 2 is 1.67 bits per heavy atom. The van der Waals surface area contributed by atoms with Crippen molar-refractivity contribution in [2.45, 2.75) is 26.5 Å². The molecule has 1 N–H and O–H groups in total. The van der Waals surface area contributed by atoms with Crippen molar-refractivity contribution in [3.05, 3.63) is 89.5 Å². The predicted octanol–water partition coefficient (Wildman–Crippen LogP) is 4.57. The van der Waals surface area contributed by atoms with E-state index in [1.165, 1.54) is 5.56 Å². The number of nitrogens with one attached hydrogen (secondary N) is 1. The highest BCUT2D eigenvalue weighted by Crippen LogP contribution is 2.28. The van der Waals surface area contributed by atoms with Gasteiger partial charge < -0.3 is 14.4 Å². The molecule has 36 heavy (non-hydrogen) atoms. The highest BCUT2D eigenvalue weighted by Gasteiger charge is 2.19. The van der Waals surface area contributed by atoms with Gasteiger partial charge in [0.15, 0.2) is 0 Å². The van der Waals surface area contributed by atoms with E-state index in [2.05, 4.69) is 26.4 Å². The first-order chi connectivity index (χ1) is 17.5. The smallest absolute Gasteiger partial charge is 0.271 e. The summed E-state index contributed by atoms with van der Waals surface area (Å²) in [5, 5.41) is 4.08. The molecule has 0 aromatic heterocycles. The van der Waals surface area contributed by atoms with Crippen LogP contribution in [0.4, 0.5) is 5.69 Å². The lowest BCUT2D eigenvalue weighted by Gasteiger charge is -2.36. The van der Waals surface area contributed by atoms with Gasteiger partial charge in [0, 0.05) is 38.3 Å². The maximum absolute atomic E-state index is 12.5. The molecular weight excluding hydrogens is 452 g/mol. The zero-order chi connectivity index (χ0) is 25.3. The van der Waals surface area contributed by atoms with Crippen LogP contribution >= 0.6 is 0 Å². The van der Waals surface area contributed by atoms with Crippen molar-refractivity contribution >= 4 is 17.8 Å². The molecule has 188 valence electrons. The summed E-state index contributed by atoms with van der Waals surface area (Å²) in [6, 6.07) is 23.5. The van der Waals surface area contributed by atoms with Gasteiger partial charge in [-0.05, 0) is 73.5 Å². The van der Waals surface area contributed by atoms with Gasteiger partial charge >= 0.3 is 0 Å². The molecule has 0 aliphatic carbocycles. The third kappa shape index (κ3) is 6.86. The number of hydrazone groups is 1. The van der Waals surface area contributed by atoms with Crippen LogP contribution < -0.4 is 19.8 Å². The SMILES string of the molecule is COc1ccccc1N1CCN(Cc2ccc(C(=O)N/N=C\c3ccc(OC(C)C)cc3)cc2)CC1. The standard InChI is InChI=1S/C29H34N4O3/c1-22(2)36-26-14-10-23(11-15-26)20-30-31-29(34)25-12-8-24(9-13-25)21-32-16-18-33(19-17-32)27-6-4-5-7-28(27)35-3/h4-15,20,22H,16-19,21H2,1-3H3,(H,31,34)/b30-20-. The Morgan fingerprint density at radius 3 is 2.33 bits per heavy atom. The first kappa shape index (κ1) is 25.3. The van der Waals surface area contributed by atoms with Crippen LogP contribution in [0.5, 0.6) is 11.5 Å². The topological polar surface area (TPSA) is 66.4 Å². The van der Waals surface area contributed by atoms with E-state index in [9.17, 15) is 4.79 Å². The molecule has 7 heteroatoms. The molecule has 0 bridgehead atoms. The lowest BCUT2D eigenvalue weighted by atomic mass is 10.1. The van der Waals surface area contributed by atoms with Crippen molar-refractivity contribution < 1.29 is 14.3 Å². The number of carbonyl (C=O) groups is 1. The molecule has 3 aromatic rings. The maximum atomic E-state index is 12.5. The minimum Gasteiger partial charge on any atom is -0.495 e. The average molecular weight is 487 g/mol. The van der Waals surface area contributed by atoms with Crippen LogP contribution in [-0.2, 0) is 6.54 Å². The van der Waals surface area contributed by atoms with Crippen LogP contribution in [0, 0.1) is 0 Å². The Morgan fingerprint density at radius 1 is 0.972 bits per heavy atom. The van der Waals surface area contributed by atoms with E-state index in [1.807, 2.05) is 80.6 Å². The number of benzene rings is 3. The summed E-state index contributed by atoms with van der Waals surface area (Å²) in [5.41, 5.74) is 6.39. The fourth-order valence-corrected chi connectivity index (χ4v) is 4.19. The highest BCUT2D eigenvalue weighted by molar-refractivity contribution is 5.94. The second-order valence-corrected chi connectivity index (χ2v) is 9.07. The van der Waals surface area contributed by atoms with Crippen molar-refractivity contribution in [3.63, 3.8) is 0 Å². The summed E-state index contributed by atoms with van der Waals surface area (Å²) in [4.78, 5) is 17.3. The number of amides is 1. The van der Waals surface area contributed by atoms with E-state index in [0.717, 1.165) is 55.5 Å². The van der Waals surface area contributed by atoms with Gasteiger partial charge in [-0.3, -0.25) is 9.69 Å². The van der Waals surface area contributed by atoms with E-state index in [-0.39, 0.29) is 12.0 Å². The van der Waals surface area contributed by atoms with Crippen molar-refractivity contribution in [2.24, 2.45) is 5.10 Å². The number of methoxy groups -OCH3 is 1. The molecule has 1 amide bonds. The van der Waals surface area contributed by atoms with Crippen LogP contribution in [0.1, 0.15) is 35.3 Å². The van der Waals surface area contributed by atoms with Crippen LogP contribution in [0.2, 0.25) is 0 Å². The van der Waals surface area contributed by atoms with Gasteiger partial charge in [0.25, 0.3) is 5.91 Å². The Labute approximate surface area is 213 Å². The maximum Gasteiger partial charge on any atom is 0.271 e. The summed E-state index contributed by atoms with van der Waals surface area (Å²) in [6.07, 6.45) is 1.75. The van der Waals surface area contributed by atoms with Gasteiger partial charge in [-0.2, -0.15) is 5.10 Å². The summed E-state index contributed by atoms with van der Waals surface area (Å²) >= 11 is 0. The quantitative estimate of drug-likeness (QED) is 0.355. The molecule has 7 nitrogen and oxygen atoms in total. The van der Waals surface area contributed by atoms with E-state index in [1.54, 1.807) is 13.3 Å². The molecule has 1 aliphatic rings. The zero-order valence-electron chi connectivity index (χ0n) is 21.2. The van der Waals surface area contributed by atoms with Crippen molar-refractivity contribution in [1.29, 1.82) is 0 Å². The molecule has 1 heterocycles. The Bertz CT molecular complexity index is 1150. The van der Waals surface area contributed by atoms with Gasteiger partial charge in [-0.1, -0.05) is 24.3 Å². The van der Waals surface area contributed by atoms with Gasteiger partial charge in [-0.15, -0.1) is 0 Å². The summed E-state index contributed by atoms with van der Waals surface area (Å²) < 4.78 is 11.1. The molecule has 1 fully saturated rings. The molecule has 1 saturated heterocycles. The molecule has 3 aromatic carbocycles. The van der Waals surface area contributed by atoms with E-state index < -0.39 is 0 Å². The third-order valence-electron chi connectivity index (χ3n) is 6.05. The van der Waals surface area contributed by atoms with Gasteiger partial charge in [0.1, 0.15) is 11.5 Å². The summed E-state index contributed by atoms with van der Waals surface area (Å²) in [5.74, 6) is 1.49. The van der Waals surface area contributed by atoms with Crippen molar-refractivity contribution in [1.82, 2.24) is 10.3 Å². The number of hydrogen-bond acceptors (Lipinski definition) is 6. The second-order valence-electron chi connectivity index (χ2n) is 9.07. The number of nitrogens with zero attached hydrogens (tertiary/aromatic N) is 3. The Hall–Kier alpha value is -3.84. The molecule has 0 saturated carbocycles. The van der Waals surface area contributed by atoms with Gasteiger partial charge in [-0.25, -0.2) is 5.43 Å². The second kappa shape index (κ2) is 12.2. The monoisotopic (exact) mass is 486 g/mol. The first-order valence-electron chi connectivity index (χ1n) is 12.3. The number of para-hydroxylation sites is 2. The van der Waals surface area contributed by atoms with Crippen molar-refractivity contribution in [2.75, 3.05) is 38.2 Å². The third-order valence-corrected chi connectivity index (χ3v) is 6.05. The van der Waals surface area contributed by atoms with Crippen molar-refractivity contribution in [3.8, 4) is 11.5 Å². The first-order valence-corrected chi connectivity index (χ1v) is 12.3. The van der Waals surface area contributed by atoms with E-state index in [4.69, 9.17) is 9.47 Å². The Kier molecular flexibility index (Phi) is 8.57. The van der Waals surface area contributed by atoms with E-state index in [0.29, 0.717) is 5.56 Å². The summed E-state index contributed by atoms with van der Waals surface area (Å²) in [7, 11) is 1.72. The highest BCUT2D eigenvalue weighted by atomic mass is 16.5. The zero-order valence-corrected chi connectivity index (χ0v) is 21.2. The lowest BCUT2D eigenvalue weighted by molar-refractivity contribution is 0.0955. The van der Waals surface area contributed by atoms with Crippen LogP contribution in [-0.4, -0.2) is 56.4 Å². The average Bonchev–Trinajstić information content (AvgIpc) is 2.90. The van der Waals surface area contributed by atoms with Crippen LogP contribution in [0.25, 0.3) is 0 Å². The number of piperazine rings is 1. The number of ether oxygens (including phenoxy) is 2. The molecule has 0 atom stereocenters. The number of carbonyl (C=O) groups excluding carboxylic acids is 1. The molecule has 0 radical (unpaired) electrons. The summed E-state index contributed by atoms with van der Waals surface area (Å²) in [6.45, 7) is 8.68. The van der Waals surface area contributed by atoms with E-state index >= 15 is 0 Å². The van der Waals surface area contributed by atoms with Gasteiger partial charge in [0.05, 0.1) is 25.1 Å². The molecule has 4 rings (SSSR count). The number of rotatable bonds is 9. The number of hydrogen-bond donors (Lipinski definition) is 1. The molecular formula is C29H34N4O3. The fourth-order valence-electron chi connectivity index (χ4n) is 4.19. The molecule has 0 unspecified atom stereocenters. The number of anilines is 1. The minimum absolute atomic E-state index is 0.129. The predicted molar refractivity (Wildman–Crippen MR) is 144 cm³/mol. The molecule has 0 spiro atoms. The lowest BCUT2D eigenvalue weighted by Crippen LogP contribution is -2.46. The van der Waals surface area contributed by atoms with Crippen LogP contribution in [0.15, 0.2) is 77.9 Å². The van der Waals surface area contributed by atoms with Gasteiger partial charge in [0.2, 0.25) is 0 Å². The normalized spacial score (nSPS) is 14.3. The molecule has 1 aliphatic heterocycles. The largest absolute Gasteiger partial charge is 0.495 e. The Balaban J connectivity index is 1.24. The van der Waals surface area contributed by atoms with Crippen LogP contribution in [0.3, 0.4) is 0 Å². The minimum atomic E-state index is -0.233.